The molecule has 41 heavy (non-hydrogen) atoms. The Hall–Kier alpha value is -4.14. The number of methoxy groups -OCH3 is 2. The van der Waals surface area contributed by atoms with E-state index in [9.17, 15) is 4.79 Å². The number of halogens is 1. The summed E-state index contributed by atoms with van der Waals surface area (Å²) in [6, 6.07) is 25.7. The second-order valence-electron chi connectivity index (χ2n) is 9.94. The Morgan fingerprint density at radius 2 is 1.83 bits per heavy atom. The van der Waals surface area contributed by atoms with Crippen molar-refractivity contribution in [3.05, 3.63) is 131 Å². The number of hydrogen-bond acceptors (Lipinski definition) is 6. The van der Waals surface area contributed by atoms with Crippen LogP contribution in [0.3, 0.4) is 0 Å². The zero-order chi connectivity index (χ0) is 28.1. The quantitative estimate of drug-likeness (QED) is 0.228. The third-order valence-electron chi connectivity index (χ3n) is 7.61. The summed E-state index contributed by atoms with van der Waals surface area (Å²) in [6.45, 7) is 0. The van der Waals surface area contributed by atoms with Crippen LogP contribution in [0.15, 0.2) is 103 Å². The van der Waals surface area contributed by atoms with Crippen molar-refractivity contribution in [3.8, 4) is 22.8 Å². The van der Waals surface area contributed by atoms with E-state index >= 15 is 0 Å². The molecule has 5 aromatic rings. The van der Waals surface area contributed by atoms with Gasteiger partial charge in [0.25, 0.3) is 5.56 Å². The SMILES string of the molecule is COc1ccc([C@H]2C3=C(N=c4s/c(=C\c5ccc(-c6cccc(Br)c6)o5)c(=O)n42)c2ccccc2CC3)cc1OC. The van der Waals surface area contributed by atoms with Gasteiger partial charge in [0.05, 0.1) is 30.5 Å². The summed E-state index contributed by atoms with van der Waals surface area (Å²) in [5, 5.41) is 0. The van der Waals surface area contributed by atoms with Gasteiger partial charge in [0.15, 0.2) is 16.3 Å². The largest absolute Gasteiger partial charge is 0.493 e. The van der Waals surface area contributed by atoms with Gasteiger partial charge in [-0.2, -0.15) is 0 Å². The molecule has 0 fully saturated rings. The average Bonchev–Trinajstić information content (AvgIpc) is 3.60. The number of nitrogens with zero attached hydrogens (tertiary/aromatic N) is 2. The Morgan fingerprint density at radius 3 is 2.66 bits per heavy atom. The maximum atomic E-state index is 14.1. The Balaban J connectivity index is 1.41. The summed E-state index contributed by atoms with van der Waals surface area (Å²) < 4.78 is 20.6. The minimum atomic E-state index is -0.314. The van der Waals surface area contributed by atoms with Gasteiger partial charge in [0.2, 0.25) is 0 Å². The van der Waals surface area contributed by atoms with E-state index in [0.717, 1.165) is 51.0 Å². The number of fused-ring (bicyclic) bond motifs is 3. The highest BCUT2D eigenvalue weighted by Crippen LogP contribution is 2.42. The van der Waals surface area contributed by atoms with E-state index in [2.05, 4.69) is 34.1 Å². The molecule has 8 heteroatoms. The van der Waals surface area contributed by atoms with Crippen LogP contribution in [-0.4, -0.2) is 18.8 Å². The van der Waals surface area contributed by atoms with E-state index in [0.29, 0.717) is 26.6 Å². The molecule has 2 aromatic heterocycles. The highest BCUT2D eigenvalue weighted by atomic mass is 79.9. The van der Waals surface area contributed by atoms with E-state index in [1.807, 2.05) is 71.3 Å². The lowest BCUT2D eigenvalue weighted by molar-refractivity contribution is 0.354. The molecule has 0 spiro atoms. The van der Waals surface area contributed by atoms with Crippen LogP contribution >= 0.6 is 27.3 Å². The van der Waals surface area contributed by atoms with Gasteiger partial charge in [-0.15, -0.1) is 0 Å². The zero-order valence-electron chi connectivity index (χ0n) is 22.4. The van der Waals surface area contributed by atoms with Gasteiger partial charge in [-0.05, 0) is 65.9 Å². The van der Waals surface area contributed by atoms with Gasteiger partial charge in [0.1, 0.15) is 11.5 Å². The molecule has 7 rings (SSSR count). The summed E-state index contributed by atoms with van der Waals surface area (Å²) in [7, 11) is 3.25. The van der Waals surface area contributed by atoms with Gasteiger partial charge in [-0.1, -0.05) is 69.7 Å². The first-order chi connectivity index (χ1) is 20.0. The van der Waals surface area contributed by atoms with E-state index in [1.54, 1.807) is 14.2 Å². The molecule has 0 saturated carbocycles. The lowest BCUT2D eigenvalue weighted by Crippen LogP contribution is -2.38. The molecule has 1 aliphatic carbocycles. The number of furan rings is 1. The molecule has 0 amide bonds. The molecule has 0 radical (unpaired) electrons. The van der Waals surface area contributed by atoms with E-state index in [1.165, 1.54) is 16.9 Å². The van der Waals surface area contributed by atoms with E-state index < -0.39 is 0 Å². The van der Waals surface area contributed by atoms with Crippen molar-refractivity contribution in [2.45, 2.75) is 18.9 Å². The van der Waals surface area contributed by atoms with Crippen LogP contribution in [0.1, 0.15) is 34.9 Å². The Morgan fingerprint density at radius 1 is 0.976 bits per heavy atom. The van der Waals surface area contributed by atoms with Crippen LogP contribution in [0.5, 0.6) is 11.5 Å². The standard InChI is InChI=1S/C33H25BrN2O4S/c1-38-27-14-11-21(17-28(27)39-2)31-25-13-10-19-6-3-4-9-24(19)30(25)35-33-36(31)32(37)29(41-33)18-23-12-15-26(40-23)20-7-5-8-22(34)16-20/h3-9,11-12,14-18,31H,10,13H2,1-2H3/b29-18-/t31-/m0/s1. The smallest absolute Gasteiger partial charge is 0.271 e. The van der Waals surface area contributed by atoms with E-state index in [-0.39, 0.29) is 11.6 Å². The fourth-order valence-corrected chi connectivity index (χ4v) is 7.08. The lowest BCUT2D eigenvalue weighted by Gasteiger charge is -2.31. The minimum absolute atomic E-state index is 0.0978. The van der Waals surface area contributed by atoms with E-state index in [4.69, 9.17) is 18.9 Å². The Bertz CT molecular complexity index is 2030. The molecular formula is C33H25BrN2O4S. The summed E-state index contributed by atoms with van der Waals surface area (Å²) in [5.74, 6) is 2.62. The van der Waals surface area contributed by atoms with Crippen molar-refractivity contribution in [2.75, 3.05) is 14.2 Å². The number of allylic oxidation sites excluding steroid dienone is 1. The second-order valence-corrected chi connectivity index (χ2v) is 11.9. The molecule has 3 heterocycles. The maximum absolute atomic E-state index is 14.1. The van der Waals surface area contributed by atoms with Crippen molar-refractivity contribution in [1.82, 2.24) is 4.57 Å². The summed E-state index contributed by atoms with van der Waals surface area (Å²) >= 11 is 4.90. The normalized spacial score (nSPS) is 16.1. The predicted molar refractivity (Wildman–Crippen MR) is 164 cm³/mol. The van der Waals surface area contributed by atoms with Crippen molar-refractivity contribution < 1.29 is 13.9 Å². The van der Waals surface area contributed by atoms with Gasteiger partial charge in [0, 0.05) is 21.7 Å². The molecule has 0 bridgehead atoms. The average molecular weight is 626 g/mol. The van der Waals surface area contributed by atoms with Gasteiger partial charge >= 0.3 is 0 Å². The van der Waals surface area contributed by atoms with Crippen LogP contribution in [-0.2, 0) is 6.42 Å². The van der Waals surface area contributed by atoms with Crippen molar-refractivity contribution >= 4 is 39.0 Å². The molecule has 1 atom stereocenters. The van der Waals surface area contributed by atoms with Crippen LogP contribution < -0.4 is 24.4 Å². The highest BCUT2D eigenvalue weighted by molar-refractivity contribution is 9.10. The first kappa shape index (κ1) is 25.8. The topological polar surface area (TPSA) is 66.0 Å². The summed E-state index contributed by atoms with van der Waals surface area (Å²) in [5.41, 5.74) is 6.29. The molecule has 3 aromatic carbocycles. The highest BCUT2D eigenvalue weighted by Gasteiger charge is 2.33. The van der Waals surface area contributed by atoms with Crippen LogP contribution in [0.25, 0.3) is 23.1 Å². The third kappa shape index (κ3) is 4.47. The Labute approximate surface area is 248 Å². The minimum Gasteiger partial charge on any atom is -0.493 e. The molecule has 6 nitrogen and oxygen atoms in total. The van der Waals surface area contributed by atoms with Crippen LogP contribution in [0.4, 0.5) is 0 Å². The second kappa shape index (κ2) is 10.4. The number of aromatic nitrogens is 1. The Kier molecular flexibility index (Phi) is 6.52. The van der Waals surface area contributed by atoms with Gasteiger partial charge < -0.3 is 13.9 Å². The summed E-state index contributed by atoms with van der Waals surface area (Å²) in [6.07, 6.45) is 3.52. The molecule has 0 saturated heterocycles. The molecule has 0 unspecified atom stereocenters. The van der Waals surface area contributed by atoms with Crippen LogP contribution in [0.2, 0.25) is 0 Å². The first-order valence-electron chi connectivity index (χ1n) is 13.2. The molecule has 0 N–H and O–H groups in total. The number of aryl methyl sites for hydroxylation is 1. The summed E-state index contributed by atoms with van der Waals surface area (Å²) in [4.78, 5) is 19.8. The van der Waals surface area contributed by atoms with Gasteiger partial charge in [-0.3, -0.25) is 9.36 Å². The zero-order valence-corrected chi connectivity index (χ0v) is 24.8. The van der Waals surface area contributed by atoms with Crippen molar-refractivity contribution in [2.24, 2.45) is 4.99 Å². The third-order valence-corrected chi connectivity index (χ3v) is 9.08. The van der Waals surface area contributed by atoms with Gasteiger partial charge in [-0.25, -0.2) is 4.99 Å². The van der Waals surface area contributed by atoms with Crippen LogP contribution in [0, 0.1) is 0 Å². The number of benzene rings is 3. The number of ether oxygens (including phenoxy) is 2. The predicted octanol–water partition coefficient (Wildman–Crippen LogP) is 6.36. The molecular weight excluding hydrogens is 600 g/mol. The first-order valence-corrected chi connectivity index (χ1v) is 14.9. The molecule has 204 valence electrons. The van der Waals surface area contributed by atoms with Crippen molar-refractivity contribution in [1.29, 1.82) is 0 Å². The van der Waals surface area contributed by atoms with Crippen molar-refractivity contribution in [3.63, 3.8) is 0 Å². The fraction of sp³-hybridized carbons (Fsp3) is 0.152. The molecule has 2 aliphatic rings. The monoisotopic (exact) mass is 624 g/mol. The number of hydrogen-bond donors (Lipinski definition) is 0. The lowest BCUT2D eigenvalue weighted by atomic mass is 9.83. The fourth-order valence-electron chi connectivity index (χ4n) is 5.70. The molecule has 1 aliphatic heterocycles. The number of rotatable bonds is 5. The maximum Gasteiger partial charge on any atom is 0.271 e. The number of thiazole rings is 1.